The lowest BCUT2D eigenvalue weighted by Gasteiger charge is -2.28. The molecule has 0 bridgehead atoms. The van der Waals surface area contributed by atoms with Crippen molar-refractivity contribution >= 4 is 5.91 Å². The van der Waals surface area contributed by atoms with Crippen LogP contribution < -0.4 is 5.73 Å². The van der Waals surface area contributed by atoms with Crippen molar-refractivity contribution in [2.24, 2.45) is 5.73 Å². The van der Waals surface area contributed by atoms with Crippen LogP contribution >= 0.6 is 0 Å². The van der Waals surface area contributed by atoms with Crippen LogP contribution in [0.2, 0.25) is 0 Å². The van der Waals surface area contributed by atoms with E-state index in [4.69, 9.17) is 10.5 Å². The summed E-state index contributed by atoms with van der Waals surface area (Å²) in [6.45, 7) is 5.26. The minimum absolute atomic E-state index is 0.116. The van der Waals surface area contributed by atoms with Crippen molar-refractivity contribution in [3.05, 3.63) is 35.4 Å². The van der Waals surface area contributed by atoms with Gasteiger partial charge < -0.3 is 15.6 Å². The molecule has 1 rings (SSSR count). The number of amides is 1. The zero-order chi connectivity index (χ0) is 14.0. The van der Waals surface area contributed by atoms with E-state index in [-0.39, 0.29) is 6.42 Å². The van der Waals surface area contributed by atoms with E-state index in [9.17, 15) is 9.90 Å². The molecule has 0 saturated carbocycles. The normalized spacial score (nSPS) is 15.2. The number of benzene rings is 1. The largest absolute Gasteiger partial charge is 0.386 e. The summed E-state index contributed by atoms with van der Waals surface area (Å²) in [6.07, 6.45) is 0.116. The van der Waals surface area contributed by atoms with E-state index in [1.165, 1.54) is 0 Å². The summed E-state index contributed by atoms with van der Waals surface area (Å²) >= 11 is 0. The number of ether oxygens (including phenoxy) is 1. The van der Waals surface area contributed by atoms with Crippen LogP contribution in [0.25, 0.3) is 0 Å². The number of aliphatic hydroxyl groups is 1. The Morgan fingerprint density at radius 1 is 1.22 bits per heavy atom. The number of hydrogen-bond donors (Lipinski definition) is 2. The molecular formula is C14H21NO3. The van der Waals surface area contributed by atoms with Crippen LogP contribution in [0.5, 0.6) is 0 Å². The zero-order valence-corrected chi connectivity index (χ0v) is 11.4. The van der Waals surface area contributed by atoms with Gasteiger partial charge in [-0.3, -0.25) is 4.79 Å². The molecule has 0 radical (unpaired) electrons. The second-order valence-electron chi connectivity index (χ2n) is 5.21. The Bertz CT molecular complexity index is 420. The molecule has 0 saturated heterocycles. The first-order valence-electron chi connectivity index (χ1n) is 5.86. The van der Waals surface area contributed by atoms with Crippen molar-refractivity contribution in [3.8, 4) is 0 Å². The summed E-state index contributed by atoms with van der Waals surface area (Å²) in [5.74, 6) is -0.411. The van der Waals surface area contributed by atoms with E-state index in [2.05, 4.69) is 0 Å². The SMILES string of the molecule is COC(C)(CC(N)=O)c1ccc(C(C)(C)O)cc1. The van der Waals surface area contributed by atoms with Gasteiger partial charge in [-0.2, -0.15) is 0 Å². The van der Waals surface area contributed by atoms with E-state index in [1.54, 1.807) is 21.0 Å². The fraction of sp³-hybridized carbons (Fsp3) is 0.500. The van der Waals surface area contributed by atoms with E-state index >= 15 is 0 Å². The highest BCUT2D eigenvalue weighted by Gasteiger charge is 2.29. The number of carbonyl (C=O) groups excluding carboxylic acids is 1. The standard InChI is InChI=1S/C14H21NO3/c1-13(2,17)10-5-7-11(8-6-10)14(3,18-4)9-12(15)16/h5-8,17H,9H2,1-4H3,(H2,15,16). The van der Waals surface area contributed by atoms with Gasteiger partial charge in [0.25, 0.3) is 0 Å². The van der Waals surface area contributed by atoms with Gasteiger partial charge in [0, 0.05) is 7.11 Å². The summed E-state index contributed by atoms with van der Waals surface area (Å²) in [5, 5.41) is 9.88. The summed E-state index contributed by atoms with van der Waals surface area (Å²) in [7, 11) is 1.55. The second kappa shape index (κ2) is 5.08. The number of rotatable bonds is 5. The van der Waals surface area contributed by atoms with Gasteiger partial charge in [-0.1, -0.05) is 24.3 Å². The molecule has 3 N–H and O–H groups in total. The lowest BCUT2D eigenvalue weighted by atomic mass is 9.89. The van der Waals surface area contributed by atoms with Crippen molar-refractivity contribution in [2.45, 2.75) is 38.4 Å². The quantitative estimate of drug-likeness (QED) is 0.835. The number of nitrogens with two attached hydrogens (primary N) is 1. The molecule has 0 fully saturated rings. The van der Waals surface area contributed by atoms with E-state index < -0.39 is 17.1 Å². The second-order valence-corrected chi connectivity index (χ2v) is 5.21. The molecule has 1 unspecified atom stereocenters. The molecule has 1 atom stereocenters. The molecule has 0 spiro atoms. The molecule has 4 heteroatoms. The highest BCUT2D eigenvalue weighted by Crippen LogP contribution is 2.30. The molecule has 0 heterocycles. The molecule has 0 aliphatic rings. The first kappa shape index (κ1) is 14.7. The van der Waals surface area contributed by atoms with Gasteiger partial charge in [0.2, 0.25) is 5.91 Å². The maximum absolute atomic E-state index is 11.1. The van der Waals surface area contributed by atoms with Crippen molar-refractivity contribution in [1.82, 2.24) is 0 Å². The predicted octanol–water partition coefficient (Wildman–Crippen LogP) is 1.65. The van der Waals surface area contributed by atoms with Gasteiger partial charge in [0.05, 0.1) is 17.6 Å². The third-order valence-corrected chi connectivity index (χ3v) is 3.16. The molecule has 0 aromatic heterocycles. The Morgan fingerprint density at radius 3 is 2.00 bits per heavy atom. The van der Waals surface area contributed by atoms with Crippen LogP contribution in [0.4, 0.5) is 0 Å². The molecular weight excluding hydrogens is 230 g/mol. The van der Waals surface area contributed by atoms with Crippen LogP contribution in [0.1, 0.15) is 38.3 Å². The summed E-state index contributed by atoms with van der Waals surface area (Å²) in [5.41, 5.74) is 5.28. The Labute approximate surface area is 108 Å². The lowest BCUT2D eigenvalue weighted by molar-refractivity contribution is -0.124. The molecule has 1 amide bonds. The number of primary amides is 1. The Kier molecular flexibility index (Phi) is 4.14. The maximum Gasteiger partial charge on any atom is 0.220 e. The number of hydrogen-bond acceptors (Lipinski definition) is 3. The lowest BCUT2D eigenvalue weighted by Crippen LogP contribution is -2.31. The average Bonchev–Trinajstić information content (AvgIpc) is 2.27. The third kappa shape index (κ3) is 3.31. The monoisotopic (exact) mass is 251 g/mol. The van der Waals surface area contributed by atoms with E-state index in [0.717, 1.165) is 11.1 Å². The van der Waals surface area contributed by atoms with Gasteiger partial charge in [0.15, 0.2) is 0 Å². The van der Waals surface area contributed by atoms with Crippen molar-refractivity contribution in [1.29, 1.82) is 0 Å². The number of carbonyl (C=O) groups is 1. The number of methoxy groups -OCH3 is 1. The van der Waals surface area contributed by atoms with Crippen molar-refractivity contribution < 1.29 is 14.6 Å². The molecule has 0 aliphatic heterocycles. The van der Waals surface area contributed by atoms with Gasteiger partial charge in [0.1, 0.15) is 0 Å². The average molecular weight is 251 g/mol. The maximum atomic E-state index is 11.1. The van der Waals surface area contributed by atoms with Crippen LogP contribution in [0.3, 0.4) is 0 Å². The van der Waals surface area contributed by atoms with Crippen LogP contribution in [0.15, 0.2) is 24.3 Å². The molecule has 1 aromatic rings. The topological polar surface area (TPSA) is 72.5 Å². The Morgan fingerprint density at radius 2 is 1.67 bits per heavy atom. The molecule has 0 aliphatic carbocycles. The van der Waals surface area contributed by atoms with Gasteiger partial charge >= 0.3 is 0 Å². The minimum Gasteiger partial charge on any atom is -0.386 e. The van der Waals surface area contributed by atoms with Crippen LogP contribution in [-0.2, 0) is 20.7 Å². The highest BCUT2D eigenvalue weighted by atomic mass is 16.5. The summed E-state index contributed by atoms with van der Waals surface area (Å²) in [6, 6.07) is 7.35. The fourth-order valence-corrected chi connectivity index (χ4v) is 1.86. The highest BCUT2D eigenvalue weighted by molar-refractivity contribution is 5.75. The van der Waals surface area contributed by atoms with Crippen molar-refractivity contribution in [3.63, 3.8) is 0 Å². The van der Waals surface area contributed by atoms with Crippen LogP contribution in [-0.4, -0.2) is 18.1 Å². The third-order valence-electron chi connectivity index (χ3n) is 3.16. The molecule has 1 aromatic carbocycles. The zero-order valence-electron chi connectivity index (χ0n) is 11.4. The minimum atomic E-state index is -0.883. The van der Waals surface area contributed by atoms with E-state index in [0.29, 0.717) is 0 Å². The van der Waals surface area contributed by atoms with Crippen LogP contribution in [0, 0.1) is 0 Å². The first-order valence-corrected chi connectivity index (χ1v) is 5.86. The Hall–Kier alpha value is -1.39. The molecule has 100 valence electrons. The molecule has 18 heavy (non-hydrogen) atoms. The fourth-order valence-electron chi connectivity index (χ4n) is 1.86. The van der Waals surface area contributed by atoms with Crippen molar-refractivity contribution in [2.75, 3.05) is 7.11 Å². The summed E-state index contributed by atoms with van der Waals surface area (Å²) in [4.78, 5) is 11.1. The predicted molar refractivity (Wildman–Crippen MR) is 69.9 cm³/mol. The summed E-state index contributed by atoms with van der Waals surface area (Å²) < 4.78 is 5.40. The van der Waals surface area contributed by atoms with Gasteiger partial charge in [-0.05, 0) is 31.9 Å². The van der Waals surface area contributed by atoms with Gasteiger partial charge in [-0.15, -0.1) is 0 Å². The smallest absolute Gasteiger partial charge is 0.220 e. The van der Waals surface area contributed by atoms with E-state index in [1.807, 2.05) is 31.2 Å². The Balaban J connectivity index is 3.06. The van der Waals surface area contributed by atoms with Gasteiger partial charge in [-0.25, -0.2) is 0 Å². The first-order chi connectivity index (χ1) is 8.19. The molecule has 4 nitrogen and oxygen atoms in total.